The predicted octanol–water partition coefficient (Wildman–Crippen LogP) is 2.28. The summed E-state index contributed by atoms with van der Waals surface area (Å²) in [4.78, 5) is 12.0. The highest BCUT2D eigenvalue weighted by atomic mass is 32.2. The summed E-state index contributed by atoms with van der Waals surface area (Å²) < 4.78 is 12.4. The number of hydrogen-bond donors (Lipinski definition) is 1. The summed E-state index contributed by atoms with van der Waals surface area (Å²) in [7, 11) is 3.17. The largest absolute Gasteiger partial charge is 0.493 e. The molecule has 0 bridgehead atoms. The van der Waals surface area contributed by atoms with Crippen molar-refractivity contribution in [2.45, 2.75) is 31.6 Å². The van der Waals surface area contributed by atoms with E-state index in [1.807, 2.05) is 36.6 Å². The van der Waals surface area contributed by atoms with Gasteiger partial charge in [0, 0.05) is 12.6 Å². The average molecular weight is 350 g/mol. The Labute approximate surface area is 145 Å². The van der Waals surface area contributed by atoms with Crippen LogP contribution in [0.1, 0.15) is 25.5 Å². The van der Waals surface area contributed by atoms with E-state index in [1.165, 1.54) is 11.8 Å². The topological polar surface area (TPSA) is 78.3 Å². The van der Waals surface area contributed by atoms with Crippen LogP contribution < -0.4 is 14.8 Å². The first-order chi connectivity index (χ1) is 11.5. The molecule has 0 spiro atoms. The number of nitrogens with one attached hydrogen (secondary N) is 1. The molecule has 1 heterocycles. The van der Waals surface area contributed by atoms with Gasteiger partial charge in [-0.05, 0) is 31.5 Å². The van der Waals surface area contributed by atoms with Gasteiger partial charge in [-0.1, -0.05) is 17.8 Å². The first-order valence-corrected chi connectivity index (χ1v) is 8.53. The maximum Gasteiger partial charge on any atom is 0.230 e. The number of ether oxygens (including phenoxy) is 2. The fourth-order valence-electron chi connectivity index (χ4n) is 2.06. The number of methoxy groups -OCH3 is 2. The second-order valence-corrected chi connectivity index (χ2v) is 6.31. The standard InChI is InChI=1S/C16H22N4O3S/c1-11(2)20-10-18-19-16(20)24-9-15(21)17-8-12-5-6-13(22-3)14(7-12)23-4/h5-7,10-11H,8-9H2,1-4H3,(H,17,21). The molecule has 8 heteroatoms. The maximum atomic E-state index is 12.0. The summed E-state index contributed by atoms with van der Waals surface area (Å²) in [5.41, 5.74) is 0.941. The molecule has 0 radical (unpaired) electrons. The summed E-state index contributed by atoms with van der Waals surface area (Å²) in [6.45, 7) is 4.52. The molecular formula is C16H22N4O3S. The molecule has 1 N–H and O–H groups in total. The molecule has 2 aromatic rings. The van der Waals surface area contributed by atoms with E-state index in [0.29, 0.717) is 23.8 Å². The molecule has 0 aliphatic rings. The number of carbonyl (C=O) groups excluding carboxylic acids is 1. The number of aromatic nitrogens is 3. The Hall–Kier alpha value is -2.22. The van der Waals surface area contributed by atoms with Crippen LogP contribution in [0.15, 0.2) is 29.7 Å². The molecule has 0 saturated heterocycles. The number of rotatable bonds is 8. The molecule has 1 aromatic heterocycles. The molecule has 0 unspecified atom stereocenters. The zero-order valence-electron chi connectivity index (χ0n) is 14.3. The van der Waals surface area contributed by atoms with Crippen molar-refractivity contribution in [3.63, 3.8) is 0 Å². The van der Waals surface area contributed by atoms with Gasteiger partial charge in [-0.25, -0.2) is 0 Å². The molecule has 130 valence electrons. The van der Waals surface area contributed by atoms with Crippen molar-refractivity contribution in [3.8, 4) is 11.5 Å². The van der Waals surface area contributed by atoms with Gasteiger partial charge in [0.2, 0.25) is 5.91 Å². The third-order valence-electron chi connectivity index (χ3n) is 3.37. The van der Waals surface area contributed by atoms with Gasteiger partial charge in [0.1, 0.15) is 6.33 Å². The van der Waals surface area contributed by atoms with Gasteiger partial charge in [0.05, 0.1) is 20.0 Å². The van der Waals surface area contributed by atoms with E-state index in [1.54, 1.807) is 20.5 Å². The van der Waals surface area contributed by atoms with Gasteiger partial charge < -0.3 is 19.4 Å². The van der Waals surface area contributed by atoms with E-state index >= 15 is 0 Å². The molecule has 1 amide bonds. The van der Waals surface area contributed by atoms with E-state index in [9.17, 15) is 4.79 Å². The number of thioether (sulfide) groups is 1. The van der Waals surface area contributed by atoms with E-state index in [4.69, 9.17) is 9.47 Å². The van der Waals surface area contributed by atoms with Crippen LogP contribution in [0, 0.1) is 0 Å². The van der Waals surface area contributed by atoms with E-state index in [2.05, 4.69) is 15.5 Å². The lowest BCUT2D eigenvalue weighted by Crippen LogP contribution is -2.24. The maximum absolute atomic E-state index is 12.0. The van der Waals surface area contributed by atoms with Crippen LogP contribution in [0.25, 0.3) is 0 Å². The third kappa shape index (κ3) is 4.64. The van der Waals surface area contributed by atoms with E-state index in [0.717, 1.165) is 10.7 Å². The van der Waals surface area contributed by atoms with Crippen molar-refractivity contribution >= 4 is 17.7 Å². The number of carbonyl (C=O) groups is 1. The Morgan fingerprint density at radius 3 is 2.71 bits per heavy atom. The van der Waals surface area contributed by atoms with E-state index in [-0.39, 0.29) is 11.9 Å². The molecule has 1 aromatic carbocycles. The molecule has 0 saturated carbocycles. The van der Waals surface area contributed by atoms with Crippen molar-refractivity contribution in [2.24, 2.45) is 0 Å². The smallest absolute Gasteiger partial charge is 0.230 e. The summed E-state index contributed by atoms with van der Waals surface area (Å²) in [5, 5.41) is 11.5. The molecule has 0 atom stereocenters. The fraction of sp³-hybridized carbons (Fsp3) is 0.438. The fourth-order valence-corrected chi connectivity index (χ4v) is 2.94. The Morgan fingerprint density at radius 1 is 1.29 bits per heavy atom. The molecule has 0 fully saturated rings. The number of amides is 1. The molecule has 24 heavy (non-hydrogen) atoms. The summed E-state index contributed by atoms with van der Waals surface area (Å²) in [6, 6.07) is 5.82. The second-order valence-electron chi connectivity index (χ2n) is 5.37. The van der Waals surface area contributed by atoms with Crippen LogP contribution >= 0.6 is 11.8 Å². The lowest BCUT2D eigenvalue weighted by Gasteiger charge is -2.11. The Bertz CT molecular complexity index is 688. The first-order valence-electron chi connectivity index (χ1n) is 7.55. The minimum Gasteiger partial charge on any atom is -0.493 e. The normalized spacial score (nSPS) is 10.7. The number of benzene rings is 1. The number of hydrogen-bond acceptors (Lipinski definition) is 6. The van der Waals surface area contributed by atoms with Crippen molar-refractivity contribution < 1.29 is 14.3 Å². The van der Waals surface area contributed by atoms with Crippen LogP contribution in [0.4, 0.5) is 0 Å². The SMILES string of the molecule is COc1ccc(CNC(=O)CSc2nncn2C(C)C)cc1OC. The van der Waals surface area contributed by atoms with Crippen molar-refractivity contribution in [3.05, 3.63) is 30.1 Å². The van der Waals surface area contributed by atoms with Crippen molar-refractivity contribution in [1.82, 2.24) is 20.1 Å². The zero-order chi connectivity index (χ0) is 17.5. The van der Waals surface area contributed by atoms with Gasteiger partial charge in [0.15, 0.2) is 16.7 Å². The number of nitrogens with zero attached hydrogens (tertiary/aromatic N) is 3. The van der Waals surface area contributed by atoms with Gasteiger partial charge >= 0.3 is 0 Å². The van der Waals surface area contributed by atoms with Crippen LogP contribution in [0.3, 0.4) is 0 Å². The minimum absolute atomic E-state index is 0.0620. The van der Waals surface area contributed by atoms with Crippen LogP contribution in [-0.2, 0) is 11.3 Å². The Morgan fingerprint density at radius 2 is 2.04 bits per heavy atom. The molecular weight excluding hydrogens is 328 g/mol. The van der Waals surface area contributed by atoms with E-state index < -0.39 is 0 Å². The monoisotopic (exact) mass is 350 g/mol. The van der Waals surface area contributed by atoms with Crippen LogP contribution in [0.2, 0.25) is 0 Å². The molecule has 7 nitrogen and oxygen atoms in total. The van der Waals surface area contributed by atoms with Gasteiger partial charge in [-0.3, -0.25) is 4.79 Å². The molecule has 0 aliphatic heterocycles. The highest BCUT2D eigenvalue weighted by Crippen LogP contribution is 2.27. The lowest BCUT2D eigenvalue weighted by molar-refractivity contribution is -0.118. The Balaban J connectivity index is 1.86. The third-order valence-corrected chi connectivity index (χ3v) is 4.32. The van der Waals surface area contributed by atoms with Gasteiger partial charge in [-0.15, -0.1) is 10.2 Å². The minimum atomic E-state index is -0.0620. The highest BCUT2D eigenvalue weighted by molar-refractivity contribution is 7.99. The summed E-state index contributed by atoms with van der Waals surface area (Å²) >= 11 is 1.37. The van der Waals surface area contributed by atoms with Crippen LogP contribution in [0.5, 0.6) is 11.5 Å². The lowest BCUT2D eigenvalue weighted by atomic mass is 10.2. The highest BCUT2D eigenvalue weighted by Gasteiger charge is 2.11. The Kier molecular flexibility index (Phi) is 6.48. The average Bonchev–Trinajstić information content (AvgIpc) is 3.06. The predicted molar refractivity (Wildman–Crippen MR) is 92.5 cm³/mol. The van der Waals surface area contributed by atoms with Crippen molar-refractivity contribution in [1.29, 1.82) is 0 Å². The van der Waals surface area contributed by atoms with Crippen LogP contribution in [-0.4, -0.2) is 40.6 Å². The first kappa shape index (κ1) is 18.1. The quantitative estimate of drug-likeness (QED) is 0.736. The van der Waals surface area contributed by atoms with Gasteiger partial charge in [0.25, 0.3) is 0 Å². The molecule has 0 aliphatic carbocycles. The zero-order valence-corrected chi connectivity index (χ0v) is 15.1. The summed E-state index contributed by atoms with van der Waals surface area (Å²) in [5.74, 6) is 1.53. The molecule has 2 rings (SSSR count). The van der Waals surface area contributed by atoms with Crippen molar-refractivity contribution in [2.75, 3.05) is 20.0 Å². The van der Waals surface area contributed by atoms with Gasteiger partial charge in [-0.2, -0.15) is 0 Å². The second kappa shape index (κ2) is 8.58. The summed E-state index contributed by atoms with van der Waals surface area (Å²) in [6.07, 6.45) is 1.68.